The first kappa shape index (κ1) is 7.10. The van der Waals surface area contributed by atoms with Gasteiger partial charge >= 0.3 is 0 Å². The molecule has 2 rings (SSSR count). The normalized spacial score (nSPS) is 37.4. The quantitative estimate of drug-likeness (QED) is 0.561. The standard InChI is InChI=1S/C8H14N2O/c1-2-10-4-6-3-9-8(11)7(6)5-10/h6-7H,2-5H2,1H3,(H,9,11). The first-order chi connectivity index (χ1) is 5.31. The van der Waals surface area contributed by atoms with Crippen LogP contribution >= 0.6 is 0 Å². The van der Waals surface area contributed by atoms with E-state index in [1.807, 2.05) is 0 Å². The molecule has 1 amide bonds. The van der Waals surface area contributed by atoms with Gasteiger partial charge in [-0.2, -0.15) is 0 Å². The van der Waals surface area contributed by atoms with Gasteiger partial charge < -0.3 is 10.2 Å². The number of carbonyl (C=O) groups excluding carboxylic acids is 1. The second-order valence-corrected chi connectivity index (χ2v) is 3.46. The Hall–Kier alpha value is -0.570. The molecule has 3 nitrogen and oxygen atoms in total. The van der Waals surface area contributed by atoms with Crippen LogP contribution in [0.1, 0.15) is 6.92 Å². The maximum Gasteiger partial charge on any atom is 0.224 e. The number of fused-ring (bicyclic) bond motifs is 1. The lowest BCUT2D eigenvalue weighted by molar-refractivity contribution is -0.122. The smallest absolute Gasteiger partial charge is 0.224 e. The van der Waals surface area contributed by atoms with E-state index in [4.69, 9.17) is 0 Å². The third-order valence-corrected chi connectivity index (χ3v) is 2.84. The lowest BCUT2D eigenvalue weighted by Crippen LogP contribution is -2.28. The van der Waals surface area contributed by atoms with E-state index in [2.05, 4.69) is 17.1 Å². The molecule has 2 aliphatic heterocycles. The third-order valence-electron chi connectivity index (χ3n) is 2.84. The summed E-state index contributed by atoms with van der Waals surface area (Å²) in [6, 6.07) is 0. The summed E-state index contributed by atoms with van der Waals surface area (Å²) in [4.78, 5) is 13.5. The Labute approximate surface area is 66.8 Å². The zero-order valence-corrected chi connectivity index (χ0v) is 6.84. The lowest BCUT2D eigenvalue weighted by Gasteiger charge is -2.12. The Kier molecular flexibility index (Phi) is 1.60. The van der Waals surface area contributed by atoms with E-state index in [9.17, 15) is 4.79 Å². The second kappa shape index (κ2) is 2.48. The van der Waals surface area contributed by atoms with E-state index in [-0.39, 0.29) is 5.91 Å². The Morgan fingerprint density at radius 3 is 3.09 bits per heavy atom. The molecule has 0 spiro atoms. The molecule has 0 aliphatic carbocycles. The maximum absolute atomic E-state index is 11.2. The molecule has 2 saturated heterocycles. The van der Waals surface area contributed by atoms with Crippen molar-refractivity contribution in [3.8, 4) is 0 Å². The van der Waals surface area contributed by atoms with Crippen molar-refractivity contribution in [2.24, 2.45) is 11.8 Å². The average molecular weight is 154 g/mol. The summed E-state index contributed by atoms with van der Waals surface area (Å²) in [5.74, 6) is 1.17. The molecule has 62 valence electrons. The number of nitrogens with zero attached hydrogens (tertiary/aromatic N) is 1. The molecule has 2 fully saturated rings. The second-order valence-electron chi connectivity index (χ2n) is 3.46. The van der Waals surface area contributed by atoms with Crippen LogP contribution < -0.4 is 5.32 Å². The monoisotopic (exact) mass is 154 g/mol. The van der Waals surface area contributed by atoms with Crippen molar-refractivity contribution in [1.29, 1.82) is 0 Å². The molecule has 11 heavy (non-hydrogen) atoms. The molecule has 2 aliphatic rings. The largest absolute Gasteiger partial charge is 0.355 e. The predicted octanol–water partition coefficient (Wildman–Crippen LogP) is -0.316. The highest BCUT2D eigenvalue weighted by molar-refractivity contribution is 5.81. The Morgan fingerprint density at radius 2 is 2.45 bits per heavy atom. The van der Waals surface area contributed by atoms with Crippen LogP contribution in [-0.2, 0) is 4.79 Å². The van der Waals surface area contributed by atoms with Gasteiger partial charge in [0.2, 0.25) is 5.91 Å². The summed E-state index contributed by atoms with van der Waals surface area (Å²) in [5.41, 5.74) is 0. The summed E-state index contributed by atoms with van der Waals surface area (Å²) in [7, 11) is 0. The molecule has 0 bridgehead atoms. The minimum absolute atomic E-state index is 0.269. The highest BCUT2D eigenvalue weighted by atomic mass is 16.2. The van der Waals surface area contributed by atoms with Crippen molar-refractivity contribution in [3.05, 3.63) is 0 Å². The molecular formula is C8H14N2O. The fraction of sp³-hybridized carbons (Fsp3) is 0.875. The van der Waals surface area contributed by atoms with E-state index < -0.39 is 0 Å². The zero-order valence-electron chi connectivity index (χ0n) is 6.84. The molecule has 3 heteroatoms. The van der Waals surface area contributed by atoms with Crippen LogP contribution in [0.25, 0.3) is 0 Å². The first-order valence-electron chi connectivity index (χ1n) is 4.31. The van der Waals surface area contributed by atoms with Crippen LogP contribution in [0.5, 0.6) is 0 Å². The van der Waals surface area contributed by atoms with E-state index in [0.29, 0.717) is 11.8 Å². The van der Waals surface area contributed by atoms with Crippen LogP contribution in [0.2, 0.25) is 0 Å². The summed E-state index contributed by atoms with van der Waals surface area (Å²) in [6.07, 6.45) is 0. The maximum atomic E-state index is 11.2. The minimum Gasteiger partial charge on any atom is -0.355 e. The Balaban J connectivity index is 2.04. The first-order valence-corrected chi connectivity index (χ1v) is 4.31. The van der Waals surface area contributed by atoms with Crippen molar-refractivity contribution in [1.82, 2.24) is 10.2 Å². The predicted molar refractivity (Wildman–Crippen MR) is 42.1 cm³/mol. The minimum atomic E-state index is 0.269. The SMILES string of the molecule is CCN1CC2CNC(=O)C2C1. The number of rotatable bonds is 1. The molecular weight excluding hydrogens is 140 g/mol. The molecule has 0 saturated carbocycles. The van der Waals surface area contributed by atoms with Gasteiger partial charge in [0.15, 0.2) is 0 Å². The molecule has 0 aromatic heterocycles. The number of nitrogens with one attached hydrogen (secondary N) is 1. The number of carbonyl (C=O) groups is 1. The summed E-state index contributed by atoms with van der Waals surface area (Å²) >= 11 is 0. The van der Waals surface area contributed by atoms with Gasteiger partial charge in [0.05, 0.1) is 5.92 Å². The molecule has 2 heterocycles. The van der Waals surface area contributed by atoms with Gasteiger partial charge in [-0.25, -0.2) is 0 Å². The van der Waals surface area contributed by atoms with Crippen LogP contribution in [0.4, 0.5) is 0 Å². The third kappa shape index (κ3) is 1.03. The van der Waals surface area contributed by atoms with Gasteiger partial charge in [0.25, 0.3) is 0 Å². The number of amides is 1. The number of likely N-dealkylation sites (tertiary alicyclic amines) is 1. The molecule has 0 aromatic rings. The van der Waals surface area contributed by atoms with Gasteiger partial charge in [-0.05, 0) is 6.54 Å². The van der Waals surface area contributed by atoms with Crippen LogP contribution in [-0.4, -0.2) is 37.0 Å². The number of hydrogen-bond acceptors (Lipinski definition) is 2. The van der Waals surface area contributed by atoms with Crippen molar-refractivity contribution < 1.29 is 4.79 Å². The molecule has 2 atom stereocenters. The molecule has 2 unspecified atom stereocenters. The molecule has 1 N–H and O–H groups in total. The van der Waals surface area contributed by atoms with Crippen molar-refractivity contribution in [3.63, 3.8) is 0 Å². The van der Waals surface area contributed by atoms with Crippen molar-refractivity contribution in [2.45, 2.75) is 6.92 Å². The van der Waals surface area contributed by atoms with Crippen molar-refractivity contribution >= 4 is 5.91 Å². The van der Waals surface area contributed by atoms with E-state index in [1.54, 1.807) is 0 Å². The Morgan fingerprint density at radius 1 is 1.64 bits per heavy atom. The summed E-state index contributed by atoms with van der Waals surface area (Å²) in [5, 5.41) is 2.90. The van der Waals surface area contributed by atoms with E-state index in [0.717, 1.165) is 26.2 Å². The van der Waals surface area contributed by atoms with Gasteiger partial charge in [0.1, 0.15) is 0 Å². The van der Waals surface area contributed by atoms with Crippen LogP contribution in [0, 0.1) is 11.8 Å². The summed E-state index contributed by atoms with van der Waals surface area (Å²) < 4.78 is 0. The van der Waals surface area contributed by atoms with Gasteiger partial charge in [0, 0.05) is 25.6 Å². The van der Waals surface area contributed by atoms with Crippen molar-refractivity contribution in [2.75, 3.05) is 26.2 Å². The van der Waals surface area contributed by atoms with Crippen LogP contribution in [0.3, 0.4) is 0 Å². The average Bonchev–Trinajstić information content (AvgIpc) is 2.53. The molecule has 0 radical (unpaired) electrons. The fourth-order valence-corrected chi connectivity index (χ4v) is 2.09. The van der Waals surface area contributed by atoms with E-state index in [1.165, 1.54) is 0 Å². The van der Waals surface area contributed by atoms with Gasteiger partial charge in [-0.15, -0.1) is 0 Å². The summed E-state index contributed by atoms with van der Waals surface area (Å²) in [6.45, 7) is 6.23. The van der Waals surface area contributed by atoms with Gasteiger partial charge in [-0.1, -0.05) is 6.92 Å². The van der Waals surface area contributed by atoms with E-state index >= 15 is 0 Å². The highest BCUT2D eigenvalue weighted by Gasteiger charge is 2.41. The topological polar surface area (TPSA) is 32.3 Å². The number of hydrogen-bond donors (Lipinski definition) is 1. The van der Waals surface area contributed by atoms with Crippen LogP contribution in [0.15, 0.2) is 0 Å². The highest BCUT2D eigenvalue weighted by Crippen LogP contribution is 2.26. The fourth-order valence-electron chi connectivity index (χ4n) is 2.09. The Bertz CT molecular complexity index is 181. The lowest BCUT2D eigenvalue weighted by atomic mass is 10.0. The van der Waals surface area contributed by atoms with Gasteiger partial charge in [-0.3, -0.25) is 4.79 Å². The zero-order chi connectivity index (χ0) is 7.84. The molecule has 0 aromatic carbocycles.